The molecule has 1 atom stereocenters. The Morgan fingerprint density at radius 2 is 1.78 bits per heavy atom. The number of ether oxygens (including phenoxy) is 1. The molecule has 0 unspecified atom stereocenters. The minimum atomic E-state index is -0.165. The fourth-order valence-corrected chi connectivity index (χ4v) is 4.25. The normalized spacial score (nSPS) is 15.4. The van der Waals surface area contributed by atoms with Crippen molar-refractivity contribution in [3.8, 4) is 11.4 Å². The van der Waals surface area contributed by atoms with Crippen molar-refractivity contribution in [3.63, 3.8) is 0 Å². The van der Waals surface area contributed by atoms with E-state index >= 15 is 0 Å². The van der Waals surface area contributed by atoms with Crippen molar-refractivity contribution in [2.24, 2.45) is 7.05 Å². The van der Waals surface area contributed by atoms with Crippen LogP contribution in [0.2, 0.25) is 0 Å². The van der Waals surface area contributed by atoms with E-state index in [9.17, 15) is 4.79 Å². The van der Waals surface area contributed by atoms with E-state index in [1.165, 1.54) is 12.4 Å². The number of nitrogens with one attached hydrogen (secondary N) is 2. The third-order valence-electron chi connectivity index (χ3n) is 5.88. The Labute approximate surface area is 213 Å². The highest BCUT2D eigenvalue weighted by Gasteiger charge is 2.25. The number of morpholine rings is 1. The molecule has 1 aliphatic heterocycles. The van der Waals surface area contributed by atoms with Gasteiger partial charge in [0.25, 0.3) is 5.56 Å². The van der Waals surface area contributed by atoms with E-state index in [1.54, 1.807) is 23.9 Å². The summed E-state index contributed by atoms with van der Waals surface area (Å²) >= 11 is 5.42. The first kappa shape index (κ1) is 23.6. The predicted molar refractivity (Wildman–Crippen MR) is 144 cm³/mol. The molecule has 0 amide bonds. The van der Waals surface area contributed by atoms with Crippen LogP contribution in [0.25, 0.3) is 11.4 Å². The zero-order valence-corrected chi connectivity index (χ0v) is 20.5. The second kappa shape index (κ2) is 10.6. The van der Waals surface area contributed by atoms with Gasteiger partial charge in [-0.15, -0.1) is 0 Å². The Morgan fingerprint density at radius 1 is 1.03 bits per heavy atom. The topological polar surface area (TPSA) is 97.2 Å². The van der Waals surface area contributed by atoms with Crippen LogP contribution in [-0.2, 0) is 11.8 Å². The van der Waals surface area contributed by atoms with E-state index in [1.807, 2.05) is 54.6 Å². The first-order chi connectivity index (χ1) is 17.6. The standard InChI is InChI=1S/C26H25N7O2S/c1-32-24(34)15-22(21-11-12-27-17-28-21)31-26(32)33-13-14-35-23(16-33)18-7-9-20(10-8-18)30-25(36)29-19-5-3-2-4-6-19/h2-12,15,17,23H,13-14,16H2,1H3,(H2,29,30,36)/t23-/m1/s1. The molecule has 2 N–H and O–H groups in total. The molecular weight excluding hydrogens is 474 g/mol. The quantitative estimate of drug-likeness (QED) is 0.399. The Kier molecular flexibility index (Phi) is 6.96. The highest BCUT2D eigenvalue weighted by molar-refractivity contribution is 7.80. The smallest absolute Gasteiger partial charge is 0.255 e. The third-order valence-corrected chi connectivity index (χ3v) is 6.08. The number of hydrogen-bond acceptors (Lipinski definition) is 7. The van der Waals surface area contributed by atoms with Crippen LogP contribution in [0.1, 0.15) is 11.7 Å². The molecule has 1 aliphatic rings. The summed E-state index contributed by atoms with van der Waals surface area (Å²) in [5, 5.41) is 6.88. The number of hydrogen-bond donors (Lipinski definition) is 2. The average Bonchev–Trinajstić information content (AvgIpc) is 2.91. The van der Waals surface area contributed by atoms with Crippen molar-refractivity contribution in [1.82, 2.24) is 19.5 Å². The van der Waals surface area contributed by atoms with Crippen LogP contribution >= 0.6 is 12.2 Å². The van der Waals surface area contributed by atoms with E-state index in [2.05, 4.69) is 25.5 Å². The Bertz CT molecular complexity index is 1400. The van der Waals surface area contributed by atoms with Gasteiger partial charge in [0.2, 0.25) is 5.95 Å². The summed E-state index contributed by atoms with van der Waals surface area (Å²) in [6, 6.07) is 21.0. The fraction of sp³-hybridized carbons (Fsp3) is 0.192. The van der Waals surface area contributed by atoms with Crippen molar-refractivity contribution in [2.45, 2.75) is 6.10 Å². The summed E-state index contributed by atoms with van der Waals surface area (Å²) in [5.74, 6) is 0.583. The fourth-order valence-electron chi connectivity index (χ4n) is 4.01. The van der Waals surface area contributed by atoms with E-state index in [-0.39, 0.29) is 11.7 Å². The van der Waals surface area contributed by atoms with E-state index in [0.29, 0.717) is 42.1 Å². The minimum Gasteiger partial charge on any atom is -0.370 e. The van der Waals surface area contributed by atoms with Crippen molar-refractivity contribution in [3.05, 3.63) is 95.2 Å². The number of para-hydroxylation sites is 1. The van der Waals surface area contributed by atoms with Gasteiger partial charge < -0.3 is 20.3 Å². The van der Waals surface area contributed by atoms with Crippen LogP contribution in [0.4, 0.5) is 17.3 Å². The molecule has 0 aliphatic carbocycles. The zero-order valence-electron chi connectivity index (χ0n) is 19.7. The van der Waals surface area contributed by atoms with Gasteiger partial charge in [0.05, 0.1) is 24.5 Å². The number of benzene rings is 2. The maximum Gasteiger partial charge on any atom is 0.255 e. The molecular formula is C26H25N7O2S. The number of aromatic nitrogens is 4. The van der Waals surface area contributed by atoms with Crippen LogP contribution in [0.5, 0.6) is 0 Å². The van der Waals surface area contributed by atoms with Gasteiger partial charge in [-0.25, -0.2) is 15.0 Å². The van der Waals surface area contributed by atoms with Gasteiger partial charge in [-0.2, -0.15) is 0 Å². The molecule has 1 fully saturated rings. The summed E-state index contributed by atoms with van der Waals surface area (Å²) in [5.41, 5.74) is 3.82. The zero-order chi connectivity index (χ0) is 24.9. The minimum absolute atomic E-state index is 0.146. The second-order valence-electron chi connectivity index (χ2n) is 8.31. The highest BCUT2D eigenvalue weighted by atomic mass is 32.1. The van der Waals surface area contributed by atoms with Crippen LogP contribution in [-0.4, -0.2) is 44.3 Å². The molecule has 182 valence electrons. The van der Waals surface area contributed by atoms with Gasteiger partial charge in [-0.05, 0) is 48.1 Å². The van der Waals surface area contributed by atoms with Gasteiger partial charge in [-0.3, -0.25) is 9.36 Å². The van der Waals surface area contributed by atoms with Gasteiger partial charge >= 0.3 is 0 Å². The predicted octanol–water partition coefficient (Wildman–Crippen LogP) is 3.62. The Hall–Kier alpha value is -4.15. The molecule has 9 nitrogen and oxygen atoms in total. The number of thiocarbonyl (C=S) groups is 1. The molecule has 0 bridgehead atoms. The summed E-state index contributed by atoms with van der Waals surface area (Å²) in [6.07, 6.45) is 2.92. The molecule has 5 rings (SSSR count). The van der Waals surface area contributed by atoms with Crippen molar-refractivity contribution in [2.75, 3.05) is 35.2 Å². The number of nitrogens with zero attached hydrogens (tertiary/aromatic N) is 5. The maximum absolute atomic E-state index is 12.7. The average molecular weight is 500 g/mol. The third kappa shape index (κ3) is 5.40. The molecule has 2 aromatic carbocycles. The molecule has 36 heavy (non-hydrogen) atoms. The van der Waals surface area contributed by atoms with Crippen molar-refractivity contribution in [1.29, 1.82) is 0 Å². The van der Waals surface area contributed by atoms with Crippen LogP contribution in [0, 0.1) is 0 Å². The van der Waals surface area contributed by atoms with E-state index in [4.69, 9.17) is 21.9 Å². The Morgan fingerprint density at radius 3 is 2.50 bits per heavy atom. The summed E-state index contributed by atoms with van der Waals surface area (Å²) in [6.45, 7) is 1.71. The molecule has 0 radical (unpaired) electrons. The van der Waals surface area contributed by atoms with E-state index < -0.39 is 0 Å². The van der Waals surface area contributed by atoms with E-state index in [0.717, 1.165) is 16.9 Å². The second-order valence-corrected chi connectivity index (χ2v) is 8.71. The largest absolute Gasteiger partial charge is 0.370 e. The van der Waals surface area contributed by atoms with Gasteiger partial charge in [0.1, 0.15) is 12.4 Å². The van der Waals surface area contributed by atoms with Crippen molar-refractivity contribution < 1.29 is 4.74 Å². The van der Waals surface area contributed by atoms with Crippen LogP contribution < -0.4 is 21.1 Å². The van der Waals surface area contributed by atoms with Gasteiger partial charge in [-0.1, -0.05) is 30.3 Å². The molecule has 1 saturated heterocycles. The summed E-state index contributed by atoms with van der Waals surface area (Å²) in [7, 11) is 1.73. The molecule has 4 aromatic rings. The summed E-state index contributed by atoms with van der Waals surface area (Å²) in [4.78, 5) is 27.7. The monoisotopic (exact) mass is 499 g/mol. The first-order valence-electron chi connectivity index (χ1n) is 11.5. The lowest BCUT2D eigenvalue weighted by molar-refractivity contribution is 0.0390. The number of rotatable bonds is 5. The SMILES string of the molecule is Cn1c(N2CCO[C@@H](c3ccc(NC(=S)Nc4ccccc4)cc3)C2)nc(-c2ccncn2)cc1=O. The van der Waals surface area contributed by atoms with Gasteiger partial charge in [0, 0.05) is 37.2 Å². The lowest BCUT2D eigenvalue weighted by atomic mass is 10.1. The van der Waals surface area contributed by atoms with Crippen LogP contribution in [0.15, 0.2) is 84.0 Å². The maximum atomic E-state index is 12.7. The summed E-state index contributed by atoms with van der Waals surface area (Å²) < 4.78 is 7.62. The molecule has 3 heterocycles. The lowest BCUT2D eigenvalue weighted by Gasteiger charge is -2.34. The molecule has 2 aromatic heterocycles. The first-order valence-corrected chi connectivity index (χ1v) is 11.9. The highest BCUT2D eigenvalue weighted by Crippen LogP contribution is 2.26. The number of anilines is 3. The lowest BCUT2D eigenvalue weighted by Crippen LogP contribution is -2.41. The molecule has 0 saturated carbocycles. The van der Waals surface area contributed by atoms with Crippen LogP contribution in [0.3, 0.4) is 0 Å². The van der Waals surface area contributed by atoms with Gasteiger partial charge in [0.15, 0.2) is 5.11 Å². The van der Waals surface area contributed by atoms with Crippen molar-refractivity contribution >= 4 is 34.7 Å². The molecule has 10 heteroatoms. The Balaban J connectivity index is 1.29. The molecule has 0 spiro atoms.